The second-order valence-electron chi connectivity index (χ2n) is 3.45. The Bertz CT molecular complexity index is 380. The van der Waals surface area contributed by atoms with Crippen LogP contribution >= 0.6 is 0 Å². The first-order chi connectivity index (χ1) is 8.19. The highest BCUT2D eigenvalue weighted by atomic mass is 16.5. The molecular weight excluding hydrogens is 220 g/mol. The van der Waals surface area contributed by atoms with E-state index in [1.54, 1.807) is 32.2 Å². The van der Waals surface area contributed by atoms with E-state index in [0.717, 1.165) is 0 Å². The number of rotatable bonds is 6. The summed E-state index contributed by atoms with van der Waals surface area (Å²) < 4.78 is 9.90. The highest BCUT2D eigenvalue weighted by Crippen LogP contribution is 2.19. The summed E-state index contributed by atoms with van der Waals surface area (Å²) in [5, 5.41) is 3.10. The van der Waals surface area contributed by atoms with Gasteiger partial charge in [0.05, 0.1) is 18.8 Å². The summed E-state index contributed by atoms with van der Waals surface area (Å²) in [6.07, 6.45) is 0. The smallest absolute Gasteiger partial charge is 0.340 e. The minimum absolute atomic E-state index is 0.338. The van der Waals surface area contributed by atoms with E-state index in [2.05, 4.69) is 5.32 Å². The number of carbonyl (C=O) groups excluding carboxylic acids is 1. The van der Waals surface area contributed by atoms with Crippen molar-refractivity contribution in [3.8, 4) is 0 Å². The maximum atomic E-state index is 11.7. The van der Waals surface area contributed by atoms with Crippen LogP contribution in [-0.2, 0) is 9.47 Å². The quantitative estimate of drug-likeness (QED) is 0.446. The first kappa shape index (κ1) is 13.3. The lowest BCUT2D eigenvalue weighted by molar-refractivity contribution is 0.0527. The molecule has 0 aliphatic rings. The highest BCUT2D eigenvalue weighted by molar-refractivity contribution is 5.96. The fourth-order valence-electron chi connectivity index (χ4n) is 1.38. The number of hydrogen-bond acceptors (Lipinski definition) is 5. The predicted molar refractivity (Wildman–Crippen MR) is 67.2 cm³/mol. The topological polar surface area (TPSA) is 73.6 Å². The van der Waals surface area contributed by atoms with Crippen molar-refractivity contribution in [1.29, 1.82) is 0 Å². The van der Waals surface area contributed by atoms with Crippen molar-refractivity contribution in [2.24, 2.45) is 0 Å². The van der Waals surface area contributed by atoms with Crippen molar-refractivity contribution in [1.82, 2.24) is 0 Å². The van der Waals surface area contributed by atoms with Crippen LogP contribution in [-0.4, -0.2) is 32.8 Å². The summed E-state index contributed by atoms with van der Waals surface area (Å²) in [6.45, 7) is 3.28. The Hall–Kier alpha value is -1.75. The molecule has 0 bridgehead atoms. The number of nitrogens with two attached hydrogens (primary N) is 1. The molecule has 0 fully saturated rings. The second kappa shape index (κ2) is 6.75. The summed E-state index contributed by atoms with van der Waals surface area (Å²) >= 11 is 0. The normalized spacial score (nSPS) is 10.0. The van der Waals surface area contributed by atoms with E-state index in [-0.39, 0.29) is 5.97 Å². The number of ether oxygens (including phenoxy) is 2. The van der Waals surface area contributed by atoms with Crippen molar-refractivity contribution in [2.45, 2.75) is 6.92 Å². The molecule has 0 saturated carbocycles. The van der Waals surface area contributed by atoms with Crippen molar-refractivity contribution < 1.29 is 14.3 Å². The molecule has 0 saturated heterocycles. The lowest BCUT2D eigenvalue weighted by atomic mass is 10.1. The Morgan fingerprint density at radius 3 is 2.88 bits per heavy atom. The molecule has 94 valence electrons. The minimum atomic E-state index is -0.375. The molecule has 3 N–H and O–H groups in total. The van der Waals surface area contributed by atoms with Gasteiger partial charge in [-0.25, -0.2) is 4.79 Å². The Labute approximate surface area is 101 Å². The summed E-state index contributed by atoms with van der Waals surface area (Å²) in [6, 6.07) is 5.10. The molecule has 0 atom stereocenters. The zero-order valence-corrected chi connectivity index (χ0v) is 10.2. The number of carbonyl (C=O) groups is 1. The number of methoxy groups -OCH3 is 1. The number of nitrogens with one attached hydrogen (secondary N) is 1. The molecule has 0 heterocycles. The van der Waals surface area contributed by atoms with Crippen LogP contribution in [0.5, 0.6) is 0 Å². The van der Waals surface area contributed by atoms with Gasteiger partial charge in [-0.3, -0.25) is 0 Å². The summed E-state index contributed by atoms with van der Waals surface area (Å²) in [7, 11) is 1.62. The molecule has 17 heavy (non-hydrogen) atoms. The molecule has 1 rings (SSSR count). The summed E-state index contributed by atoms with van der Waals surface area (Å²) in [4.78, 5) is 11.7. The van der Waals surface area contributed by atoms with Crippen LogP contribution in [0.4, 0.5) is 11.4 Å². The van der Waals surface area contributed by atoms with Gasteiger partial charge in [0.25, 0.3) is 0 Å². The van der Waals surface area contributed by atoms with Gasteiger partial charge < -0.3 is 20.5 Å². The summed E-state index contributed by atoms with van der Waals surface area (Å²) in [5.74, 6) is -0.375. The Kier molecular flexibility index (Phi) is 5.29. The van der Waals surface area contributed by atoms with Gasteiger partial charge in [-0.15, -0.1) is 0 Å². The zero-order chi connectivity index (χ0) is 12.7. The van der Waals surface area contributed by atoms with E-state index in [4.69, 9.17) is 15.2 Å². The average molecular weight is 238 g/mol. The van der Waals surface area contributed by atoms with Crippen LogP contribution in [0.3, 0.4) is 0 Å². The Balaban J connectivity index is 2.83. The van der Waals surface area contributed by atoms with Crippen molar-refractivity contribution in [2.75, 3.05) is 37.9 Å². The van der Waals surface area contributed by atoms with Crippen LogP contribution in [0.25, 0.3) is 0 Å². The van der Waals surface area contributed by atoms with Gasteiger partial charge in [0, 0.05) is 25.0 Å². The van der Waals surface area contributed by atoms with Gasteiger partial charge >= 0.3 is 5.97 Å². The van der Waals surface area contributed by atoms with Gasteiger partial charge in [-0.2, -0.15) is 0 Å². The van der Waals surface area contributed by atoms with Crippen LogP contribution in [0.15, 0.2) is 18.2 Å². The van der Waals surface area contributed by atoms with Gasteiger partial charge in [-0.1, -0.05) is 0 Å². The standard InChI is InChI=1S/C12H18N2O3/c1-3-17-12(15)10-8-9(13)4-5-11(10)14-6-7-16-2/h4-5,8,14H,3,6-7,13H2,1-2H3. The number of benzene rings is 1. The molecule has 5 heteroatoms. The van der Waals surface area contributed by atoms with E-state index in [1.807, 2.05) is 0 Å². The van der Waals surface area contributed by atoms with Crippen molar-refractivity contribution in [3.63, 3.8) is 0 Å². The predicted octanol–water partition coefficient (Wildman–Crippen LogP) is 1.50. The fraction of sp³-hybridized carbons (Fsp3) is 0.417. The fourth-order valence-corrected chi connectivity index (χ4v) is 1.38. The van der Waals surface area contributed by atoms with E-state index in [0.29, 0.717) is 36.7 Å². The van der Waals surface area contributed by atoms with Crippen LogP contribution < -0.4 is 11.1 Å². The second-order valence-corrected chi connectivity index (χ2v) is 3.45. The largest absolute Gasteiger partial charge is 0.462 e. The minimum Gasteiger partial charge on any atom is -0.462 e. The molecule has 0 aliphatic carbocycles. The molecule has 0 aliphatic heterocycles. The monoisotopic (exact) mass is 238 g/mol. The third-order valence-electron chi connectivity index (χ3n) is 2.16. The van der Waals surface area contributed by atoms with Gasteiger partial charge in [-0.05, 0) is 25.1 Å². The zero-order valence-electron chi connectivity index (χ0n) is 10.2. The molecule has 0 amide bonds. The van der Waals surface area contributed by atoms with Crippen molar-refractivity contribution in [3.05, 3.63) is 23.8 Å². The lowest BCUT2D eigenvalue weighted by Gasteiger charge is -2.11. The molecule has 0 radical (unpaired) electrons. The van der Waals surface area contributed by atoms with Gasteiger partial charge in [0.1, 0.15) is 0 Å². The molecular formula is C12H18N2O3. The van der Waals surface area contributed by atoms with Crippen LogP contribution in [0, 0.1) is 0 Å². The van der Waals surface area contributed by atoms with E-state index >= 15 is 0 Å². The van der Waals surface area contributed by atoms with E-state index in [1.165, 1.54) is 0 Å². The third kappa shape index (κ3) is 3.96. The maximum Gasteiger partial charge on any atom is 0.340 e. The first-order valence-corrected chi connectivity index (χ1v) is 5.48. The first-order valence-electron chi connectivity index (χ1n) is 5.48. The molecule has 0 unspecified atom stereocenters. The Morgan fingerprint density at radius 1 is 1.47 bits per heavy atom. The molecule has 1 aromatic rings. The van der Waals surface area contributed by atoms with E-state index < -0.39 is 0 Å². The van der Waals surface area contributed by atoms with Crippen molar-refractivity contribution >= 4 is 17.3 Å². The number of anilines is 2. The van der Waals surface area contributed by atoms with E-state index in [9.17, 15) is 4.79 Å². The van der Waals surface area contributed by atoms with Crippen LogP contribution in [0.1, 0.15) is 17.3 Å². The average Bonchev–Trinajstić information content (AvgIpc) is 2.31. The molecule has 0 aromatic heterocycles. The summed E-state index contributed by atoms with van der Waals surface area (Å²) in [5.41, 5.74) is 7.34. The maximum absolute atomic E-state index is 11.7. The molecule has 5 nitrogen and oxygen atoms in total. The number of nitrogen functional groups attached to an aromatic ring is 1. The SMILES string of the molecule is CCOC(=O)c1cc(N)ccc1NCCOC. The van der Waals surface area contributed by atoms with Gasteiger partial charge in [0.2, 0.25) is 0 Å². The van der Waals surface area contributed by atoms with Gasteiger partial charge in [0.15, 0.2) is 0 Å². The Morgan fingerprint density at radius 2 is 2.24 bits per heavy atom. The molecule has 1 aromatic carbocycles. The highest BCUT2D eigenvalue weighted by Gasteiger charge is 2.12. The third-order valence-corrected chi connectivity index (χ3v) is 2.16. The lowest BCUT2D eigenvalue weighted by Crippen LogP contribution is -2.13. The number of esters is 1. The number of hydrogen-bond donors (Lipinski definition) is 2. The van der Waals surface area contributed by atoms with Crippen LogP contribution in [0.2, 0.25) is 0 Å². The molecule has 0 spiro atoms.